The Hall–Kier alpha value is -0.500. The summed E-state index contributed by atoms with van der Waals surface area (Å²) < 4.78 is 0. The first-order valence-corrected chi connectivity index (χ1v) is 5.24. The summed E-state index contributed by atoms with van der Waals surface area (Å²) in [7, 11) is 2.10. The van der Waals surface area contributed by atoms with Crippen LogP contribution in [0.2, 0.25) is 0 Å². The van der Waals surface area contributed by atoms with Crippen molar-refractivity contribution in [3.05, 3.63) is 12.3 Å². The van der Waals surface area contributed by atoms with Gasteiger partial charge in [0.2, 0.25) is 0 Å². The third-order valence-electron chi connectivity index (χ3n) is 2.43. The summed E-state index contributed by atoms with van der Waals surface area (Å²) in [6, 6.07) is 0.604. The lowest BCUT2D eigenvalue weighted by molar-refractivity contribution is 0.407. The van der Waals surface area contributed by atoms with Crippen LogP contribution in [0.15, 0.2) is 12.3 Å². The van der Waals surface area contributed by atoms with Gasteiger partial charge < -0.3 is 10.2 Å². The van der Waals surface area contributed by atoms with Crippen molar-refractivity contribution in [3.8, 4) is 0 Å². The van der Waals surface area contributed by atoms with Crippen LogP contribution < -0.4 is 5.32 Å². The molecule has 1 atom stereocenters. The highest BCUT2D eigenvalue weighted by atomic mass is 15.1. The maximum Gasteiger partial charge on any atom is 0.0143 e. The Kier molecular flexibility index (Phi) is 6.69. The molecule has 0 aromatic heterocycles. The summed E-state index contributed by atoms with van der Waals surface area (Å²) >= 11 is 0. The number of allylic oxidation sites excluding steroid dienone is 1. The van der Waals surface area contributed by atoms with Crippen molar-refractivity contribution in [2.75, 3.05) is 20.1 Å². The predicted molar refractivity (Wildman–Crippen MR) is 59.8 cm³/mol. The van der Waals surface area contributed by atoms with E-state index in [1.54, 1.807) is 0 Å². The van der Waals surface area contributed by atoms with Crippen LogP contribution in [0, 0.1) is 0 Å². The van der Waals surface area contributed by atoms with Gasteiger partial charge in [-0.15, -0.1) is 0 Å². The monoisotopic (exact) mass is 184 g/mol. The lowest BCUT2D eigenvalue weighted by atomic mass is 10.1. The van der Waals surface area contributed by atoms with Gasteiger partial charge in [-0.3, -0.25) is 0 Å². The van der Waals surface area contributed by atoms with Gasteiger partial charge in [-0.2, -0.15) is 0 Å². The second-order valence-electron chi connectivity index (χ2n) is 3.58. The van der Waals surface area contributed by atoms with Crippen molar-refractivity contribution in [1.82, 2.24) is 10.2 Å². The summed E-state index contributed by atoms with van der Waals surface area (Å²) in [6.07, 6.45) is 2.27. The average Bonchev–Trinajstić information content (AvgIpc) is 2.13. The Morgan fingerprint density at radius 2 is 2.08 bits per heavy atom. The molecule has 0 saturated heterocycles. The molecule has 1 unspecified atom stereocenters. The smallest absolute Gasteiger partial charge is 0.0143 e. The van der Waals surface area contributed by atoms with E-state index in [0.29, 0.717) is 6.04 Å². The predicted octanol–water partition coefficient (Wildman–Crippen LogP) is 2.23. The van der Waals surface area contributed by atoms with Crippen molar-refractivity contribution in [2.24, 2.45) is 0 Å². The fraction of sp³-hybridized carbons (Fsp3) is 0.818. The van der Waals surface area contributed by atoms with E-state index in [9.17, 15) is 0 Å². The van der Waals surface area contributed by atoms with E-state index in [-0.39, 0.29) is 0 Å². The van der Waals surface area contributed by atoms with E-state index in [2.05, 4.69) is 44.6 Å². The number of nitrogens with zero attached hydrogens (tertiary/aromatic N) is 1. The van der Waals surface area contributed by atoms with E-state index in [4.69, 9.17) is 0 Å². The Bertz CT molecular complexity index is 143. The lowest BCUT2D eigenvalue weighted by Crippen LogP contribution is -2.26. The molecule has 2 heteroatoms. The number of rotatable bonds is 7. The van der Waals surface area contributed by atoms with Crippen LogP contribution in [0.25, 0.3) is 0 Å². The van der Waals surface area contributed by atoms with E-state index in [1.165, 1.54) is 12.1 Å². The van der Waals surface area contributed by atoms with Crippen LogP contribution in [0.3, 0.4) is 0 Å². The van der Waals surface area contributed by atoms with Gasteiger partial charge in [0.1, 0.15) is 0 Å². The summed E-state index contributed by atoms with van der Waals surface area (Å²) in [5, 5.41) is 3.40. The van der Waals surface area contributed by atoms with Gasteiger partial charge in [0.05, 0.1) is 0 Å². The maximum absolute atomic E-state index is 4.06. The molecular formula is C11H24N2. The van der Waals surface area contributed by atoms with Crippen LogP contribution in [0.1, 0.15) is 33.6 Å². The van der Waals surface area contributed by atoms with Crippen molar-refractivity contribution >= 4 is 0 Å². The second-order valence-corrected chi connectivity index (χ2v) is 3.58. The topological polar surface area (TPSA) is 15.3 Å². The van der Waals surface area contributed by atoms with Crippen molar-refractivity contribution in [2.45, 2.75) is 39.7 Å². The molecule has 0 aliphatic heterocycles. The molecular weight excluding hydrogens is 160 g/mol. The number of hydrogen-bond donors (Lipinski definition) is 1. The Morgan fingerprint density at radius 3 is 2.54 bits per heavy atom. The normalized spacial score (nSPS) is 12.6. The molecule has 0 radical (unpaired) electrons. The summed E-state index contributed by atoms with van der Waals surface area (Å²) in [6.45, 7) is 12.7. The molecule has 0 heterocycles. The molecule has 0 bridgehead atoms. The van der Waals surface area contributed by atoms with Crippen molar-refractivity contribution in [3.63, 3.8) is 0 Å². The third-order valence-corrected chi connectivity index (χ3v) is 2.43. The SMILES string of the molecule is C=C(CCC(C)NCC)N(C)CC. The molecule has 0 spiro atoms. The minimum Gasteiger partial charge on any atom is -0.379 e. The summed E-state index contributed by atoms with van der Waals surface area (Å²) in [4.78, 5) is 2.21. The molecule has 0 amide bonds. The quantitative estimate of drug-likeness (QED) is 0.653. The van der Waals surface area contributed by atoms with Crippen molar-refractivity contribution < 1.29 is 0 Å². The van der Waals surface area contributed by atoms with Crippen LogP contribution >= 0.6 is 0 Å². The molecule has 1 N–H and O–H groups in total. The van der Waals surface area contributed by atoms with Gasteiger partial charge in [-0.25, -0.2) is 0 Å². The van der Waals surface area contributed by atoms with Gasteiger partial charge in [0.25, 0.3) is 0 Å². The van der Waals surface area contributed by atoms with Gasteiger partial charge >= 0.3 is 0 Å². The van der Waals surface area contributed by atoms with E-state index in [1.807, 2.05) is 0 Å². The molecule has 0 rings (SSSR count). The van der Waals surface area contributed by atoms with Crippen LogP contribution in [0.5, 0.6) is 0 Å². The Labute approximate surface area is 83.0 Å². The zero-order valence-electron chi connectivity index (χ0n) is 9.56. The molecule has 13 heavy (non-hydrogen) atoms. The fourth-order valence-corrected chi connectivity index (χ4v) is 1.25. The lowest BCUT2D eigenvalue weighted by Gasteiger charge is -2.21. The third kappa shape index (κ3) is 5.69. The molecule has 0 saturated carbocycles. The standard InChI is InChI=1S/C11H24N2/c1-6-12-10(3)8-9-11(4)13(5)7-2/h10,12H,4,6-9H2,1-3,5H3. The van der Waals surface area contributed by atoms with E-state index in [0.717, 1.165) is 19.5 Å². The minimum absolute atomic E-state index is 0.604. The molecule has 2 nitrogen and oxygen atoms in total. The zero-order chi connectivity index (χ0) is 10.3. The van der Waals surface area contributed by atoms with E-state index >= 15 is 0 Å². The van der Waals surface area contributed by atoms with Gasteiger partial charge in [-0.1, -0.05) is 13.5 Å². The van der Waals surface area contributed by atoms with Crippen LogP contribution in [0.4, 0.5) is 0 Å². The fourth-order valence-electron chi connectivity index (χ4n) is 1.25. The Morgan fingerprint density at radius 1 is 1.46 bits per heavy atom. The first-order valence-electron chi connectivity index (χ1n) is 5.24. The maximum atomic E-state index is 4.06. The molecule has 0 aromatic carbocycles. The number of nitrogens with one attached hydrogen (secondary N) is 1. The van der Waals surface area contributed by atoms with Gasteiger partial charge in [0.15, 0.2) is 0 Å². The molecule has 0 aliphatic carbocycles. The van der Waals surface area contributed by atoms with Crippen molar-refractivity contribution in [1.29, 1.82) is 0 Å². The first kappa shape index (κ1) is 12.5. The largest absolute Gasteiger partial charge is 0.379 e. The highest BCUT2D eigenvalue weighted by Crippen LogP contribution is 2.08. The van der Waals surface area contributed by atoms with Gasteiger partial charge in [0, 0.05) is 25.3 Å². The van der Waals surface area contributed by atoms with Crippen LogP contribution in [-0.2, 0) is 0 Å². The van der Waals surface area contributed by atoms with E-state index < -0.39 is 0 Å². The number of hydrogen-bond acceptors (Lipinski definition) is 2. The Balaban J connectivity index is 3.57. The molecule has 78 valence electrons. The zero-order valence-corrected chi connectivity index (χ0v) is 9.56. The second kappa shape index (κ2) is 6.96. The summed E-state index contributed by atoms with van der Waals surface area (Å²) in [5.41, 5.74) is 1.24. The first-order chi connectivity index (χ1) is 6.11. The highest BCUT2D eigenvalue weighted by molar-refractivity contribution is 4.92. The molecule has 0 aromatic rings. The highest BCUT2D eigenvalue weighted by Gasteiger charge is 2.03. The average molecular weight is 184 g/mol. The molecule has 0 fully saturated rings. The molecule has 0 aliphatic rings. The van der Waals surface area contributed by atoms with Crippen LogP contribution in [-0.4, -0.2) is 31.1 Å². The minimum atomic E-state index is 0.604. The summed E-state index contributed by atoms with van der Waals surface area (Å²) in [5.74, 6) is 0. The van der Waals surface area contributed by atoms with Gasteiger partial charge in [-0.05, 0) is 33.2 Å².